The van der Waals surface area contributed by atoms with Gasteiger partial charge in [-0.15, -0.1) is 0 Å². The van der Waals surface area contributed by atoms with Crippen LogP contribution < -0.4 is 16.6 Å². The molecular weight excluding hydrogens is 524 g/mol. The van der Waals surface area contributed by atoms with Crippen LogP contribution in [0.1, 0.15) is 42.4 Å². The molecule has 2 aromatic carbocycles. The van der Waals surface area contributed by atoms with Crippen molar-refractivity contribution in [3.63, 3.8) is 0 Å². The number of esters is 1. The smallest absolute Gasteiger partial charge is 0.349 e. The molecule has 0 aliphatic carbocycles. The first-order chi connectivity index (χ1) is 19.7. The second-order valence-corrected chi connectivity index (χ2v) is 10.2. The van der Waals surface area contributed by atoms with Crippen LogP contribution in [0.25, 0.3) is 33.5 Å². The molecule has 1 amide bonds. The quantitative estimate of drug-likeness (QED) is 0.136. The highest BCUT2D eigenvalue weighted by molar-refractivity contribution is 5.87. The zero-order valence-corrected chi connectivity index (χ0v) is 23.2. The van der Waals surface area contributed by atoms with Gasteiger partial charge in [-0.2, -0.15) is 4.98 Å². The van der Waals surface area contributed by atoms with Crippen LogP contribution in [0.3, 0.4) is 0 Å². The van der Waals surface area contributed by atoms with Gasteiger partial charge in [0, 0.05) is 36.5 Å². The molecule has 11 nitrogen and oxygen atoms in total. The van der Waals surface area contributed by atoms with Crippen molar-refractivity contribution in [3.05, 3.63) is 80.1 Å². The van der Waals surface area contributed by atoms with Gasteiger partial charge in [0.05, 0.1) is 18.1 Å². The van der Waals surface area contributed by atoms with E-state index in [9.17, 15) is 19.2 Å². The van der Waals surface area contributed by atoms with Crippen LogP contribution in [0, 0.1) is 13.8 Å². The summed E-state index contributed by atoms with van der Waals surface area (Å²) in [5.74, 6) is -0.490. The fraction of sp³-hybridized carbons (Fsp3) is 0.333. The Morgan fingerprint density at radius 2 is 1.83 bits per heavy atom. The van der Waals surface area contributed by atoms with E-state index >= 15 is 0 Å². The van der Waals surface area contributed by atoms with E-state index in [1.807, 2.05) is 61.0 Å². The van der Waals surface area contributed by atoms with Crippen LogP contribution in [0.15, 0.2) is 52.2 Å². The summed E-state index contributed by atoms with van der Waals surface area (Å²) >= 11 is 0. The zero-order valence-electron chi connectivity index (χ0n) is 23.2. The first-order valence-corrected chi connectivity index (χ1v) is 13.6. The number of aromatic amines is 2. The lowest BCUT2D eigenvalue weighted by Gasteiger charge is -2.18. The normalized spacial score (nSPS) is 12.2. The lowest BCUT2D eigenvalue weighted by Crippen LogP contribution is -2.43. The molecule has 0 fully saturated rings. The number of ether oxygens (including phenoxy) is 1. The maximum absolute atomic E-state index is 12.8. The van der Waals surface area contributed by atoms with Crippen LogP contribution in [0.4, 0.5) is 0 Å². The average Bonchev–Trinajstić information content (AvgIpc) is 3.35. The molecule has 0 bridgehead atoms. The van der Waals surface area contributed by atoms with Gasteiger partial charge in [0.1, 0.15) is 6.04 Å². The predicted octanol–water partition coefficient (Wildman–Crippen LogP) is 3.14. The molecule has 41 heavy (non-hydrogen) atoms. The first-order valence-electron chi connectivity index (χ1n) is 13.6. The standard InChI is InChI=1S/C30H32N6O5/c1-17-13-22-24(14-18(17)2)36(27-26(33-22)28(38)35-30(40)34-27)12-8-4-5-11-25(37)32-23(29(39)41-3)15-19-16-31-21-10-7-6-9-20(19)21/h6-7,9-10,13-14,16,23,31H,4-5,8,11-12,15H2,1-3H3,(H,32,37)(H,35,38,40). The number of unbranched alkanes of at least 4 members (excludes halogenated alkanes) is 2. The molecule has 5 rings (SSSR count). The number of fused-ring (bicyclic) bond motifs is 3. The Balaban J connectivity index is 1.23. The van der Waals surface area contributed by atoms with E-state index in [2.05, 4.69) is 25.3 Å². The Labute approximate surface area is 235 Å². The number of carbonyl (C=O) groups excluding carboxylic acids is 2. The number of rotatable bonds is 10. The zero-order chi connectivity index (χ0) is 29.1. The van der Waals surface area contributed by atoms with Crippen molar-refractivity contribution in [1.82, 2.24) is 29.8 Å². The number of hydrogen-bond acceptors (Lipinski definition) is 7. The van der Waals surface area contributed by atoms with Gasteiger partial charge in [0.25, 0.3) is 5.56 Å². The molecule has 0 saturated carbocycles. The summed E-state index contributed by atoms with van der Waals surface area (Å²) < 4.78 is 6.80. The second kappa shape index (κ2) is 11.7. The summed E-state index contributed by atoms with van der Waals surface area (Å²) in [6.45, 7) is 4.46. The number of methoxy groups -OCH3 is 1. The number of hydrogen-bond donors (Lipinski definition) is 3. The number of amides is 1. The molecule has 3 aromatic rings. The number of aromatic nitrogens is 5. The summed E-state index contributed by atoms with van der Waals surface area (Å²) in [6, 6.07) is 10.9. The third-order valence-electron chi connectivity index (χ3n) is 7.43. The van der Waals surface area contributed by atoms with Crippen molar-refractivity contribution in [2.75, 3.05) is 7.11 Å². The lowest BCUT2D eigenvalue weighted by molar-refractivity contribution is -0.145. The number of benzene rings is 2. The van der Waals surface area contributed by atoms with Crippen molar-refractivity contribution in [2.45, 2.75) is 58.5 Å². The molecule has 11 heteroatoms. The van der Waals surface area contributed by atoms with E-state index in [4.69, 9.17) is 4.74 Å². The van der Waals surface area contributed by atoms with Crippen LogP contribution >= 0.6 is 0 Å². The van der Waals surface area contributed by atoms with Crippen molar-refractivity contribution >= 4 is 33.8 Å². The molecular formula is C30H32N6O5. The van der Waals surface area contributed by atoms with Crippen molar-refractivity contribution in [3.8, 4) is 11.5 Å². The number of aryl methyl sites for hydroxylation is 3. The monoisotopic (exact) mass is 556 g/mol. The molecule has 3 heterocycles. The van der Waals surface area contributed by atoms with Crippen LogP contribution in [0.2, 0.25) is 0 Å². The Morgan fingerprint density at radius 3 is 2.63 bits per heavy atom. The average molecular weight is 557 g/mol. The van der Waals surface area contributed by atoms with Gasteiger partial charge in [-0.25, -0.2) is 14.6 Å². The molecule has 0 saturated heterocycles. The Morgan fingerprint density at radius 1 is 1.05 bits per heavy atom. The van der Waals surface area contributed by atoms with Gasteiger partial charge in [0.15, 0.2) is 11.5 Å². The van der Waals surface area contributed by atoms with Crippen LogP contribution in [-0.2, 0) is 27.3 Å². The predicted molar refractivity (Wildman–Crippen MR) is 155 cm³/mol. The summed E-state index contributed by atoms with van der Waals surface area (Å²) in [5, 5.41) is 3.82. The van der Waals surface area contributed by atoms with E-state index in [0.29, 0.717) is 37.7 Å². The highest BCUT2D eigenvalue weighted by Crippen LogP contribution is 2.24. The minimum Gasteiger partial charge on any atom is -0.467 e. The Kier molecular flexibility index (Phi) is 7.95. The van der Waals surface area contributed by atoms with E-state index in [-0.39, 0.29) is 23.8 Å². The molecule has 1 aromatic heterocycles. The SMILES string of the molecule is COC(=O)C(Cc1c[nH]c2ccccc12)NC(=O)CCCCCn1c2nc(=O)[nH]c(=O)c-2nc2cc(C)c(C)cc21. The number of carbonyl (C=O) groups is 2. The summed E-state index contributed by atoms with van der Waals surface area (Å²) in [6.07, 6.45) is 4.37. The molecule has 212 valence electrons. The number of nitrogens with one attached hydrogen (secondary N) is 3. The van der Waals surface area contributed by atoms with Gasteiger partial charge in [0.2, 0.25) is 5.91 Å². The molecule has 1 atom stereocenters. The molecule has 1 unspecified atom stereocenters. The number of nitrogens with zero attached hydrogens (tertiary/aromatic N) is 3. The van der Waals surface area contributed by atoms with Gasteiger partial charge in [-0.3, -0.25) is 14.6 Å². The molecule has 2 aliphatic rings. The third kappa shape index (κ3) is 5.88. The largest absolute Gasteiger partial charge is 0.467 e. The maximum atomic E-state index is 12.8. The highest BCUT2D eigenvalue weighted by atomic mass is 16.5. The second-order valence-electron chi connectivity index (χ2n) is 10.2. The third-order valence-corrected chi connectivity index (χ3v) is 7.43. The first kappa shape index (κ1) is 27.8. The number of para-hydroxylation sites is 1. The molecule has 3 N–H and O–H groups in total. The van der Waals surface area contributed by atoms with Crippen LogP contribution in [0.5, 0.6) is 0 Å². The number of H-pyrrole nitrogens is 2. The van der Waals surface area contributed by atoms with E-state index in [1.54, 1.807) is 0 Å². The molecule has 0 radical (unpaired) electrons. The topological polar surface area (TPSA) is 152 Å². The van der Waals surface area contributed by atoms with E-state index < -0.39 is 23.3 Å². The van der Waals surface area contributed by atoms with E-state index in [0.717, 1.165) is 33.1 Å². The highest BCUT2D eigenvalue weighted by Gasteiger charge is 2.23. The van der Waals surface area contributed by atoms with Crippen molar-refractivity contribution < 1.29 is 14.3 Å². The minimum atomic E-state index is -0.797. The van der Waals surface area contributed by atoms with Crippen LogP contribution in [-0.4, -0.2) is 49.5 Å². The van der Waals surface area contributed by atoms with Gasteiger partial charge in [-0.05, 0) is 61.6 Å². The van der Waals surface area contributed by atoms with Gasteiger partial charge < -0.3 is 19.6 Å². The molecule has 0 spiro atoms. The van der Waals surface area contributed by atoms with Crippen molar-refractivity contribution in [1.29, 1.82) is 0 Å². The Hall–Kier alpha value is -4.80. The van der Waals surface area contributed by atoms with Crippen molar-refractivity contribution in [2.24, 2.45) is 0 Å². The lowest BCUT2D eigenvalue weighted by atomic mass is 10.0. The summed E-state index contributed by atoms with van der Waals surface area (Å²) in [4.78, 5) is 63.6. The van der Waals surface area contributed by atoms with Gasteiger partial charge in [-0.1, -0.05) is 24.6 Å². The van der Waals surface area contributed by atoms with E-state index in [1.165, 1.54) is 7.11 Å². The summed E-state index contributed by atoms with van der Waals surface area (Å²) in [5.41, 5.74) is 4.24. The minimum absolute atomic E-state index is 0.115. The fourth-order valence-electron chi connectivity index (χ4n) is 5.13. The fourth-order valence-corrected chi connectivity index (χ4v) is 5.13. The van der Waals surface area contributed by atoms with Gasteiger partial charge >= 0.3 is 11.7 Å². The summed E-state index contributed by atoms with van der Waals surface area (Å²) in [7, 11) is 1.31. The maximum Gasteiger partial charge on any atom is 0.349 e. The molecule has 2 aliphatic heterocycles. The Bertz CT molecular complexity index is 1840.